The van der Waals surface area contributed by atoms with Crippen molar-refractivity contribution in [1.82, 2.24) is 4.90 Å². The number of hydrogen-bond acceptors (Lipinski definition) is 7. The van der Waals surface area contributed by atoms with Crippen molar-refractivity contribution in [3.8, 4) is 11.5 Å². The quantitative estimate of drug-likeness (QED) is 0.140. The number of para-hydroxylation sites is 3. The predicted octanol–water partition coefficient (Wildman–Crippen LogP) is 7.53. The van der Waals surface area contributed by atoms with Gasteiger partial charge in [0.05, 0.1) is 44.2 Å². The summed E-state index contributed by atoms with van der Waals surface area (Å²) >= 11 is 0. The monoisotopic (exact) mass is 779 g/mol. The van der Waals surface area contributed by atoms with Crippen molar-refractivity contribution < 1.29 is 33.7 Å². The van der Waals surface area contributed by atoms with Crippen LogP contribution in [-0.2, 0) is 43.2 Å². The highest BCUT2D eigenvalue weighted by Crippen LogP contribution is 2.60. The molecule has 3 aliphatic heterocycles. The Morgan fingerprint density at radius 1 is 0.879 bits per heavy atom. The van der Waals surface area contributed by atoms with E-state index < -0.39 is 17.1 Å². The number of fused-ring (bicyclic) bond motifs is 3. The summed E-state index contributed by atoms with van der Waals surface area (Å²) in [6.45, 7) is 6.89. The maximum Gasteiger partial charge on any atom is 0.269 e. The van der Waals surface area contributed by atoms with Gasteiger partial charge < -0.3 is 29.1 Å². The number of carbonyl (C=O) groups is 3. The molecule has 1 N–H and O–H groups in total. The Kier molecular flexibility index (Phi) is 10.6. The summed E-state index contributed by atoms with van der Waals surface area (Å²) in [7, 11) is 1.64. The van der Waals surface area contributed by atoms with Crippen molar-refractivity contribution in [1.29, 1.82) is 0 Å². The Balaban J connectivity index is 1.16. The number of amides is 3. The highest BCUT2D eigenvalue weighted by atomic mass is 16.5. The topological polar surface area (TPSA) is 109 Å². The van der Waals surface area contributed by atoms with E-state index in [1.165, 1.54) is 0 Å². The second-order valence-corrected chi connectivity index (χ2v) is 15.9. The van der Waals surface area contributed by atoms with Gasteiger partial charge in [-0.05, 0) is 64.6 Å². The lowest BCUT2D eigenvalue weighted by Crippen LogP contribution is -2.45. The first-order chi connectivity index (χ1) is 28.1. The number of aliphatic hydroxyl groups excluding tert-OH is 1. The predicted molar refractivity (Wildman–Crippen MR) is 222 cm³/mol. The molecule has 0 bridgehead atoms. The van der Waals surface area contributed by atoms with Crippen molar-refractivity contribution in [2.75, 3.05) is 36.7 Å². The van der Waals surface area contributed by atoms with Crippen molar-refractivity contribution in [2.24, 2.45) is 11.8 Å². The van der Waals surface area contributed by atoms with Gasteiger partial charge in [-0.25, -0.2) is 0 Å². The summed E-state index contributed by atoms with van der Waals surface area (Å²) in [5, 5.41) is 10.0. The minimum Gasteiger partial charge on any atom is -0.497 e. The zero-order valence-corrected chi connectivity index (χ0v) is 33.3. The maximum atomic E-state index is 15.4. The summed E-state index contributed by atoms with van der Waals surface area (Å²) in [6.07, 6.45) is -0.625. The first kappa shape index (κ1) is 38.9. The number of ether oxygens (including phenoxy) is 3. The van der Waals surface area contributed by atoms with Gasteiger partial charge >= 0.3 is 0 Å². The molecular weight excluding hydrogens is 731 g/mol. The summed E-state index contributed by atoms with van der Waals surface area (Å²) in [4.78, 5) is 48.1. The van der Waals surface area contributed by atoms with Crippen LogP contribution in [0.15, 0.2) is 127 Å². The lowest BCUT2D eigenvalue weighted by molar-refractivity contribution is -0.150. The molecule has 4 atom stereocenters. The van der Waals surface area contributed by atoms with E-state index >= 15 is 4.79 Å². The van der Waals surface area contributed by atoms with Gasteiger partial charge in [-0.3, -0.25) is 19.3 Å². The molecule has 10 nitrogen and oxygen atoms in total. The van der Waals surface area contributed by atoms with Crippen LogP contribution < -0.4 is 19.3 Å². The van der Waals surface area contributed by atoms with Crippen LogP contribution in [0.3, 0.4) is 0 Å². The van der Waals surface area contributed by atoms with E-state index in [-0.39, 0.29) is 62.3 Å². The molecule has 58 heavy (non-hydrogen) atoms. The van der Waals surface area contributed by atoms with Crippen molar-refractivity contribution in [2.45, 2.75) is 57.4 Å². The molecular formula is C48H49N3O7. The van der Waals surface area contributed by atoms with E-state index in [9.17, 15) is 14.7 Å². The third kappa shape index (κ3) is 6.80. The lowest BCUT2D eigenvalue weighted by atomic mass is 9.63. The van der Waals surface area contributed by atoms with Crippen LogP contribution in [0.4, 0.5) is 17.1 Å². The second-order valence-electron chi connectivity index (χ2n) is 15.9. The van der Waals surface area contributed by atoms with Crippen molar-refractivity contribution in [3.63, 3.8) is 0 Å². The Hall–Kier alpha value is -5.97. The van der Waals surface area contributed by atoms with Crippen LogP contribution in [0, 0.1) is 11.8 Å². The summed E-state index contributed by atoms with van der Waals surface area (Å²) in [6, 6.07) is 40.6. The molecule has 3 amide bonds. The summed E-state index contributed by atoms with van der Waals surface area (Å²) < 4.78 is 18.4. The lowest BCUT2D eigenvalue weighted by Gasteiger charge is -2.39. The van der Waals surface area contributed by atoms with Gasteiger partial charge in [-0.2, -0.15) is 0 Å². The third-order valence-corrected chi connectivity index (χ3v) is 12.3. The number of methoxy groups -OCH3 is 1. The zero-order valence-electron chi connectivity index (χ0n) is 33.3. The van der Waals surface area contributed by atoms with E-state index in [4.69, 9.17) is 14.2 Å². The van der Waals surface area contributed by atoms with E-state index in [1.807, 2.05) is 127 Å². The minimum atomic E-state index is -1.38. The summed E-state index contributed by atoms with van der Waals surface area (Å²) in [5.41, 5.74) is 3.75. The van der Waals surface area contributed by atoms with Crippen LogP contribution in [-0.4, -0.2) is 60.7 Å². The van der Waals surface area contributed by atoms with Crippen LogP contribution >= 0.6 is 0 Å². The first-order valence-corrected chi connectivity index (χ1v) is 19.9. The molecule has 5 aromatic carbocycles. The fourth-order valence-corrected chi connectivity index (χ4v) is 9.50. The molecule has 10 heteroatoms. The van der Waals surface area contributed by atoms with Gasteiger partial charge in [-0.1, -0.05) is 106 Å². The molecule has 0 saturated carbocycles. The largest absolute Gasteiger partial charge is 0.497 e. The normalized spacial score (nSPS) is 21.2. The zero-order chi connectivity index (χ0) is 40.6. The second kappa shape index (κ2) is 15.8. The number of carbonyl (C=O) groups excluding carboxylic acids is 3. The molecule has 3 heterocycles. The minimum absolute atomic E-state index is 0.0235. The fourth-order valence-electron chi connectivity index (χ4n) is 9.50. The molecule has 5 aromatic rings. The molecule has 298 valence electrons. The van der Waals surface area contributed by atoms with Crippen LogP contribution in [0.25, 0.3) is 0 Å². The Bertz CT molecular complexity index is 2310. The van der Waals surface area contributed by atoms with Crippen LogP contribution in [0.2, 0.25) is 0 Å². The van der Waals surface area contributed by atoms with Gasteiger partial charge in [0, 0.05) is 36.2 Å². The van der Waals surface area contributed by atoms with E-state index in [1.54, 1.807) is 21.8 Å². The van der Waals surface area contributed by atoms with Gasteiger partial charge in [0.2, 0.25) is 5.91 Å². The Labute approximate surface area is 339 Å². The Morgan fingerprint density at radius 3 is 2.31 bits per heavy atom. The molecule has 0 aromatic heterocycles. The first-order valence-electron chi connectivity index (χ1n) is 19.9. The smallest absolute Gasteiger partial charge is 0.269 e. The van der Waals surface area contributed by atoms with Crippen LogP contribution in [0.1, 0.15) is 49.4 Å². The molecule has 3 aliphatic rings. The molecule has 1 saturated heterocycles. The highest BCUT2D eigenvalue weighted by molar-refractivity contribution is 6.08. The SMILES string of the molecule is COc1ccc(C(C)(C)[C@@H]2[C@@H](CC(=O)N(CCO)Cc3ccccc3)O[C@]3(C(=O)N(Cc4cccc(N5C(=O)COc6ccccc65)c4)c4ccccc43)[C@H]2C)cc1. The molecule has 0 aliphatic carbocycles. The van der Waals surface area contributed by atoms with Gasteiger partial charge in [0.15, 0.2) is 12.2 Å². The third-order valence-electron chi connectivity index (χ3n) is 12.3. The number of anilines is 3. The highest BCUT2D eigenvalue weighted by Gasteiger charge is 2.66. The summed E-state index contributed by atoms with van der Waals surface area (Å²) in [5.74, 6) is 0.181. The average Bonchev–Trinajstić information content (AvgIpc) is 3.67. The Morgan fingerprint density at radius 2 is 1.57 bits per heavy atom. The molecule has 1 fully saturated rings. The van der Waals surface area contributed by atoms with Gasteiger partial charge in [-0.15, -0.1) is 0 Å². The molecule has 0 unspecified atom stereocenters. The van der Waals surface area contributed by atoms with E-state index in [0.29, 0.717) is 23.7 Å². The fraction of sp³-hybridized carbons (Fsp3) is 0.312. The van der Waals surface area contributed by atoms with E-state index in [0.717, 1.165) is 33.7 Å². The van der Waals surface area contributed by atoms with Gasteiger partial charge in [0.25, 0.3) is 11.8 Å². The molecule has 0 radical (unpaired) electrons. The van der Waals surface area contributed by atoms with Gasteiger partial charge in [0.1, 0.15) is 11.5 Å². The van der Waals surface area contributed by atoms with Crippen molar-refractivity contribution >= 4 is 34.8 Å². The van der Waals surface area contributed by atoms with Crippen molar-refractivity contribution in [3.05, 3.63) is 150 Å². The number of benzene rings is 5. The number of hydrogen-bond donors (Lipinski definition) is 1. The maximum absolute atomic E-state index is 15.4. The number of rotatable bonds is 12. The molecule has 8 rings (SSSR count). The molecule has 1 spiro atoms. The number of nitrogens with zero attached hydrogens (tertiary/aromatic N) is 3. The van der Waals surface area contributed by atoms with E-state index in [2.05, 4.69) is 20.8 Å². The average molecular weight is 780 g/mol. The van der Waals surface area contributed by atoms with Crippen LogP contribution in [0.5, 0.6) is 11.5 Å². The number of aliphatic hydroxyl groups is 1. The standard InChI is InChI=1S/C48H49N3O7/c1-32-45(47(2,3)35-21-23-37(56-4)24-22-35)42(28-43(53)49(25-26-52)29-33-13-6-5-7-14-33)58-48(32)38-17-8-9-18-39(38)50(46(48)55)30-34-15-12-16-36(27-34)51-40-19-10-11-20-41(40)57-31-44(51)54/h5-24,27,32,42,45,52H,25-26,28-31H2,1-4H3/t32-,42+,45-,48+/m0/s1.